The average Bonchev–Trinajstić information content (AvgIpc) is 3.36. The van der Waals surface area contributed by atoms with Gasteiger partial charge in [-0.15, -0.1) is 0 Å². The highest BCUT2D eigenvalue weighted by Gasteiger charge is 2.16. The first-order valence-corrected chi connectivity index (χ1v) is 9.65. The molecule has 1 aliphatic rings. The molecular formula is C22H24N2O4. The van der Waals surface area contributed by atoms with E-state index in [1.165, 1.54) is 0 Å². The number of hydrogen-bond acceptors (Lipinski definition) is 5. The van der Waals surface area contributed by atoms with Crippen LogP contribution in [0.5, 0.6) is 5.75 Å². The summed E-state index contributed by atoms with van der Waals surface area (Å²) >= 11 is 0. The first-order valence-electron chi connectivity index (χ1n) is 9.65. The molecule has 6 nitrogen and oxygen atoms in total. The lowest BCUT2D eigenvalue weighted by atomic mass is 10.2. The van der Waals surface area contributed by atoms with E-state index in [1.54, 1.807) is 24.3 Å². The van der Waals surface area contributed by atoms with Gasteiger partial charge in [0.15, 0.2) is 11.5 Å². The zero-order valence-electron chi connectivity index (χ0n) is 16.1. The maximum Gasteiger partial charge on any atom is 0.255 e. The summed E-state index contributed by atoms with van der Waals surface area (Å²) in [5.41, 5.74) is 2.70. The van der Waals surface area contributed by atoms with Gasteiger partial charge in [-0.2, -0.15) is 0 Å². The van der Waals surface area contributed by atoms with Gasteiger partial charge >= 0.3 is 0 Å². The number of nitrogens with zero attached hydrogens (tertiary/aromatic N) is 1. The molecule has 4 rings (SSSR count). The summed E-state index contributed by atoms with van der Waals surface area (Å²) in [6.45, 7) is 5.41. The molecule has 1 unspecified atom stereocenters. The van der Waals surface area contributed by atoms with Crippen LogP contribution in [-0.2, 0) is 4.74 Å². The quantitative estimate of drug-likeness (QED) is 0.667. The molecule has 1 amide bonds. The number of nitrogens with one attached hydrogen (secondary N) is 1. The highest BCUT2D eigenvalue weighted by atomic mass is 16.5. The second kappa shape index (κ2) is 8.02. The molecule has 0 saturated carbocycles. The molecule has 2 heterocycles. The smallest absolute Gasteiger partial charge is 0.255 e. The molecule has 1 N–H and O–H groups in total. The molecule has 1 aliphatic heterocycles. The van der Waals surface area contributed by atoms with Gasteiger partial charge in [0.1, 0.15) is 17.9 Å². The van der Waals surface area contributed by atoms with E-state index in [9.17, 15) is 4.79 Å². The third-order valence-corrected chi connectivity index (χ3v) is 4.73. The molecule has 0 radical (unpaired) electrons. The van der Waals surface area contributed by atoms with Gasteiger partial charge in [0.25, 0.3) is 5.91 Å². The Morgan fingerprint density at radius 2 is 2.07 bits per heavy atom. The number of carbonyl (C=O) groups is 1. The molecule has 0 bridgehead atoms. The van der Waals surface area contributed by atoms with Crippen LogP contribution in [0, 0.1) is 0 Å². The Balaban J connectivity index is 1.39. The van der Waals surface area contributed by atoms with Gasteiger partial charge in [-0.3, -0.25) is 4.79 Å². The Morgan fingerprint density at radius 1 is 1.25 bits per heavy atom. The molecule has 1 atom stereocenters. The summed E-state index contributed by atoms with van der Waals surface area (Å²) in [4.78, 5) is 17.0. The van der Waals surface area contributed by atoms with Crippen molar-refractivity contribution in [2.45, 2.75) is 38.7 Å². The van der Waals surface area contributed by atoms with E-state index in [2.05, 4.69) is 10.3 Å². The number of fused-ring (bicyclic) bond motifs is 1. The number of aromatic nitrogens is 1. The molecule has 2 aromatic carbocycles. The predicted molar refractivity (Wildman–Crippen MR) is 107 cm³/mol. The van der Waals surface area contributed by atoms with Gasteiger partial charge in [-0.25, -0.2) is 4.98 Å². The Kier molecular flexibility index (Phi) is 5.30. The number of rotatable bonds is 6. The Labute approximate surface area is 163 Å². The molecule has 1 aromatic heterocycles. The largest absolute Gasteiger partial charge is 0.491 e. The Morgan fingerprint density at radius 3 is 2.79 bits per heavy atom. The lowest BCUT2D eigenvalue weighted by Crippen LogP contribution is -2.16. The van der Waals surface area contributed by atoms with Crippen LogP contribution in [0.25, 0.3) is 11.1 Å². The molecular weight excluding hydrogens is 356 g/mol. The predicted octanol–water partition coefficient (Wildman–Crippen LogP) is 4.76. The first kappa shape index (κ1) is 18.5. The summed E-state index contributed by atoms with van der Waals surface area (Å²) in [5, 5.41) is 2.90. The van der Waals surface area contributed by atoms with Gasteiger partial charge < -0.3 is 19.2 Å². The summed E-state index contributed by atoms with van der Waals surface area (Å²) < 4.78 is 17.0. The lowest BCUT2D eigenvalue weighted by molar-refractivity contribution is 0.0679. The van der Waals surface area contributed by atoms with E-state index in [4.69, 9.17) is 13.9 Å². The number of hydrogen-bond donors (Lipinski definition) is 1. The molecule has 28 heavy (non-hydrogen) atoms. The van der Waals surface area contributed by atoms with Gasteiger partial charge in [-0.05, 0) is 55.3 Å². The van der Waals surface area contributed by atoms with E-state index in [1.807, 2.05) is 32.0 Å². The molecule has 6 heteroatoms. The van der Waals surface area contributed by atoms with Crippen LogP contribution in [-0.4, -0.2) is 30.2 Å². The lowest BCUT2D eigenvalue weighted by Gasteiger charge is -2.11. The van der Waals surface area contributed by atoms with E-state index in [0.717, 1.165) is 36.3 Å². The third kappa shape index (κ3) is 4.17. The fourth-order valence-corrected chi connectivity index (χ4v) is 3.14. The van der Waals surface area contributed by atoms with Crippen LogP contribution in [0.4, 0.5) is 5.69 Å². The minimum Gasteiger partial charge on any atom is -0.491 e. The monoisotopic (exact) mass is 380 g/mol. The maximum absolute atomic E-state index is 12.5. The fourth-order valence-electron chi connectivity index (χ4n) is 3.14. The van der Waals surface area contributed by atoms with Crippen molar-refractivity contribution in [1.82, 2.24) is 4.98 Å². The van der Waals surface area contributed by atoms with Crippen LogP contribution < -0.4 is 10.1 Å². The van der Waals surface area contributed by atoms with Crippen molar-refractivity contribution in [2.24, 2.45) is 0 Å². The van der Waals surface area contributed by atoms with E-state index >= 15 is 0 Å². The van der Waals surface area contributed by atoms with Crippen molar-refractivity contribution in [3.05, 3.63) is 53.9 Å². The van der Waals surface area contributed by atoms with Crippen molar-refractivity contribution in [1.29, 1.82) is 0 Å². The van der Waals surface area contributed by atoms with Crippen LogP contribution in [0.1, 0.15) is 48.9 Å². The van der Waals surface area contributed by atoms with Gasteiger partial charge in [-0.1, -0.05) is 13.8 Å². The summed E-state index contributed by atoms with van der Waals surface area (Å²) in [6.07, 6.45) is 2.30. The summed E-state index contributed by atoms with van der Waals surface area (Å²) in [5.74, 6) is 1.46. The topological polar surface area (TPSA) is 73.6 Å². The Bertz CT molecular complexity index is 956. The molecule has 1 fully saturated rings. The minimum absolute atomic E-state index is 0.172. The highest BCUT2D eigenvalue weighted by molar-refractivity contribution is 6.04. The zero-order valence-corrected chi connectivity index (χ0v) is 16.1. The van der Waals surface area contributed by atoms with Crippen molar-refractivity contribution in [3.63, 3.8) is 0 Å². The second-order valence-corrected chi connectivity index (χ2v) is 7.31. The standard InChI is InChI=1S/C22H24N2O4/c1-14(2)22-24-19-12-16(7-10-20(19)28-22)23-21(25)15-5-8-17(9-6-15)27-13-18-4-3-11-26-18/h5-10,12,14,18H,3-4,11,13H2,1-2H3,(H,23,25). The third-order valence-electron chi connectivity index (χ3n) is 4.73. The number of oxazole rings is 1. The highest BCUT2D eigenvalue weighted by Crippen LogP contribution is 2.24. The van der Waals surface area contributed by atoms with Crippen LogP contribution in [0.15, 0.2) is 46.9 Å². The van der Waals surface area contributed by atoms with E-state index in [-0.39, 0.29) is 17.9 Å². The van der Waals surface area contributed by atoms with Crippen molar-refractivity contribution >= 4 is 22.7 Å². The van der Waals surface area contributed by atoms with Gasteiger partial charge in [0.2, 0.25) is 0 Å². The number of amides is 1. The van der Waals surface area contributed by atoms with Gasteiger partial charge in [0, 0.05) is 23.8 Å². The fraction of sp³-hybridized carbons (Fsp3) is 0.364. The van der Waals surface area contributed by atoms with Crippen LogP contribution >= 0.6 is 0 Å². The van der Waals surface area contributed by atoms with Crippen molar-refractivity contribution in [3.8, 4) is 5.75 Å². The van der Waals surface area contributed by atoms with Crippen LogP contribution in [0.3, 0.4) is 0 Å². The van der Waals surface area contributed by atoms with Crippen molar-refractivity contribution < 1.29 is 18.7 Å². The molecule has 1 saturated heterocycles. The maximum atomic E-state index is 12.5. The number of carbonyl (C=O) groups excluding carboxylic acids is 1. The first-order chi connectivity index (χ1) is 13.6. The molecule has 146 valence electrons. The van der Waals surface area contributed by atoms with Crippen molar-refractivity contribution in [2.75, 3.05) is 18.5 Å². The second-order valence-electron chi connectivity index (χ2n) is 7.31. The summed E-state index contributed by atoms with van der Waals surface area (Å²) in [7, 11) is 0. The van der Waals surface area contributed by atoms with Crippen LogP contribution in [0.2, 0.25) is 0 Å². The number of anilines is 1. The molecule has 0 aliphatic carbocycles. The van der Waals surface area contributed by atoms with Gasteiger partial charge in [0.05, 0.1) is 6.10 Å². The zero-order chi connectivity index (χ0) is 19.5. The van der Waals surface area contributed by atoms with E-state index in [0.29, 0.717) is 23.7 Å². The molecule has 0 spiro atoms. The minimum atomic E-state index is -0.183. The SMILES string of the molecule is CC(C)c1nc2cc(NC(=O)c3ccc(OCC4CCCO4)cc3)ccc2o1. The summed E-state index contributed by atoms with van der Waals surface area (Å²) in [6, 6.07) is 12.6. The Hall–Kier alpha value is -2.86. The normalized spacial score (nSPS) is 16.6. The number of benzene rings is 2. The molecule has 3 aromatic rings. The average molecular weight is 380 g/mol. The van der Waals surface area contributed by atoms with E-state index < -0.39 is 0 Å². The number of ether oxygens (including phenoxy) is 2.